The van der Waals surface area contributed by atoms with Crippen molar-refractivity contribution < 1.29 is 0 Å². The lowest BCUT2D eigenvalue weighted by Gasteiger charge is -2.73. The van der Waals surface area contributed by atoms with Gasteiger partial charge in [0.1, 0.15) is 0 Å². The molecule has 5 aliphatic carbocycles. The van der Waals surface area contributed by atoms with Crippen LogP contribution in [0, 0.1) is 56.7 Å². The van der Waals surface area contributed by atoms with Gasteiger partial charge in [0.15, 0.2) is 0 Å². The van der Waals surface area contributed by atoms with Crippen molar-refractivity contribution in [3.63, 3.8) is 0 Å². The molecule has 0 bridgehead atoms. The van der Waals surface area contributed by atoms with Gasteiger partial charge in [-0.2, -0.15) is 0 Å². The van der Waals surface area contributed by atoms with E-state index >= 15 is 0 Å². The minimum atomic E-state index is 0.285. The van der Waals surface area contributed by atoms with Crippen LogP contribution >= 0.6 is 0 Å². The zero-order chi connectivity index (χ0) is 22.6. The van der Waals surface area contributed by atoms with Crippen molar-refractivity contribution in [2.24, 2.45) is 62.4 Å². The van der Waals surface area contributed by atoms with Gasteiger partial charge in [0.05, 0.1) is 0 Å². The summed E-state index contributed by atoms with van der Waals surface area (Å²) in [6.45, 7) is 22.7. The Balaban J connectivity index is 1.54. The molecule has 4 unspecified atom stereocenters. The van der Waals surface area contributed by atoms with Crippen molar-refractivity contribution in [2.45, 2.75) is 119 Å². The third-order valence-electron chi connectivity index (χ3n) is 13.6. The Bertz CT molecular complexity index is 766. The molecular weight excluding hydrogens is 374 g/mol. The van der Waals surface area contributed by atoms with Crippen LogP contribution in [0.5, 0.6) is 0 Å². The summed E-state index contributed by atoms with van der Waals surface area (Å²) < 4.78 is 0. The lowest BCUT2D eigenvalue weighted by Crippen LogP contribution is -2.67. The first-order valence-corrected chi connectivity index (χ1v) is 13.7. The molecule has 0 amide bonds. The van der Waals surface area contributed by atoms with Crippen LogP contribution in [0.15, 0.2) is 12.2 Å². The van der Waals surface area contributed by atoms with Gasteiger partial charge in [0.2, 0.25) is 0 Å². The van der Waals surface area contributed by atoms with Gasteiger partial charge in [-0.05, 0) is 128 Å². The molecule has 5 fully saturated rings. The summed E-state index contributed by atoms with van der Waals surface area (Å²) in [4.78, 5) is 0. The second kappa shape index (κ2) is 6.64. The Kier molecular flexibility index (Phi) is 4.82. The largest absolute Gasteiger partial charge is 0.327 e. The van der Waals surface area contributed by atoms with Crippen molar-refractivity contribution in [1.82, 2.24) is 0 Å². The van der Waals surface area contributed by atoms with Crippen LogP contribution in [0.4, 0.5) is 0 Å². The lowest BCUT2D eigenvalue weighted by molar-refractivity contribution is -0.236. The second-order valence-corrected chi connectivity index (χ2v) is 14.8. The van der Waals surface area contributed by atoms with E-state index in [4.69, 9.17) is 5.73 Å². The minimum absolute atomic E-state index is 0.285. The van der Waals surface area contributed by atoms with E-state index in [0.29, 0.717) is 27.7 Å². The summed E-state index contributed by atoms with van der Waals surface area (Å²) in [7, 11) is 0. The van der Waals surface area contributed by atoms with Crippen LogP contribution in [-0.4, -0.2) is 6.04 Å². The quantitative estimate of drug-likeness (QED) is 0.423. The Morgan fingerprint density at radius 3 is 2.13 bits per heavy atom. The third kappa shape index (κ3) is 2.65. The minimum Gasteiger partial charge on any atom is -0.327 e. The van der Waals surface area contributed by atoms with Gasteiger partial charge in [-0.1, -0.05) is 53.7 Å². The highest BCUT2D eigenvalue weighted by atomic mass is 14.8. The molecular formula is C30H51N. The summed E-state index contributed by atoms with van der Waals surface area (Å²) in [6.07, 6.45) is 14.1. The topological polar surface area (TPSA) is 26.0 Å². The van der Waals surface area contributed by atoms with Gasteiger partial charge in [0.25, 0.3) is 0 Å². The van der Waals surface area contributed by atoms with Crippen LogP contribution in [0.25, 0.3) is 0 Å². The molecule has 0 aromatic carbocycles. The summed E-state index contributed by atoms with van der Waals surface area (Å²) in [5.41, 5.74) is 10.5. The Hall–Kier alpha value is -0.300. The molecule has 0 aromatic heterocycles. The van der Waals surface area contributed by atoms with E-state index < -0.39 is 0 Å². The maximum absolute atomic E-state index is 6.72. The van der Waals surface area contributed by atoms with Crippen LogP contribution in [0.2, 0.25) is 0 Å². The molecule has 176 valence electrons. The zero-order valence-corrected chi connectivity index (χ0v) is 21.8. The van der Waals surface area contributed by atoms with Gasteiger partial charge in [-0.25, -0.2) is 0 Å². The highest BCUT2D eigenvalue weighted by molar-refractivity contribution is 5.21. The Morgan fingerprint density at radius 2 is 1.45 bits per heavy atom. The summed E-state index contributed by atoms with van der Waals surface area (Å²) >= 11 is 0. The number of fused-ring (bicyclic) bond motifs is 7. The lowest BCUT2D eigenvalue weighted by atomic mass is 9.32. The monoisotopic (exact) mass is 425 g/mol. The van der Waals surface area contributed by atoms with Gasteiger partial charge in [-0.3, -0.25) is 0 Å². The predicted octanol–water partition coefficient (Wildman–Crippen LogP) is 7.99. The predicted molar refractivity (Wildman–Crippen MR) is 133 cm³/mol. The molecule has 0 aromatic rings. The molecule has 0 radical (unpaired) electrons. The average Bonchev–Trinajstić information content (AvgIpc) is 3.04. The molecule has 0 saturated heterocycles. The molecule has 5 saturated carbocycles. The Morgan fingerprint density at radius 1 is 0.742 bits per heavy atom. The fraction of sp³-hybridized carbons (Fsp3) is 0.933. The standard InChI is InChI=1S/C30H51N/c1-19(2)20-11-14-27(5)17-18-29(7)21(25(20)27)9-10-23-28(6)15-13-24(31)26(3,4)22(28)12-16-30(23,29)8/h20-25H,1,9-18,31H2,2-8H3/t20-,21?,22?,23?,24+,25?,27+,28-,29+,30+/m0/s1. The van der Waals surface area contributed by atoms with E-state index in [1.165, 1.54) is 69.8 Å². The SMILES string of the molecule is C=C(C)[C@@H]1CC[C@]2(C)CC[C@]3(C)C(CCC4[C@@]5(C)CC[C@@H](N)C(C)(C)C5CC[C@]43C)C12. The normalized spacial score (nSPS) is 57.9. The number of hydrogen-bond donors (Lipinski definition) is 1. The smallest absolute Gasteiger partial charge is 0.00933 e. The van der Waals surface area contributed by atoms with Gasteiger partial charge < -0.3 is 5.73 Å². The van der Waals surface area contributed by atoms with Crippen LogP contribution in [-0.2, 0) is 0 Å². The van der Waals surface area contributed by atoms with E-state index in [1.807, 2.05) is 0 Å². The highest BCUT2D eigenvalue weighted by Crippen LogP contribution is 2.77. The molecule has 31 heavy (non-hydrogen) atoms. The van der Waals surface area contributed by atoms with Crippen molar-refractivity contribution in [1.29, 1.82) is 0 Å². The van der Waals surface area contributed by atoms with E-state index in [0.717, 1.165) is 29.6 Å². The molecule has 0 spiro atoms. The van der Waals surface area contributed by atoms with Crippen molar-refractivity contribution >= 4 is 0 Å². The number of hydrogen-bond acceptors (Lipinski definition) is 1. The van der Waals surface area contributed by atoms with Crippen LogP contribution in [0.1, 0.15) is 113 Å². The fourth-order valence-electron chi connectivity index (χ4n) is 11.5. The summed E-state index contributed by atoms with van der Waals surface area (Å²) in [5, 5.41) is 0. The summed E-state index contributed by atoms with van der Waals surface area (Å²) in [5.74, 6) is 4.22. The first-order valence-electron chi connectivity index (χ1n) is 13.7. The molecule has 0 heterocycles. The molecule has 10 atom stereocenters. The van der Waals surface area contributed by atoms with Crippen molar-refractivity contribution in [3.8, 4) is 0 Å². The fourth-order valence-corrected chi connectivity index (χ4v) is 11.5. The molecule has 5 aliphatic rings. The molecule has 1 heteroatoms. The van der Waals surface area contributed by atoms with Gasteiger partial charge >= 0.3 is 0 Å². The molecule has 2 N–H and O–H groups in total. The number of allylic oxidation sites excluding steroid dienone is 1. The number of rotatable bonds is 1. The van der Waals surface area contributed by atoms with Crippen LogP contribution in [0.3, 0.4) is 0 Å². The van der Waals surface area contributed by atoms with E-state index in [-0.39, 0.29) is 5.41 Å². The molecule has 0 aliphatic heterocycles. The summed E-state index contributed by atoms with van der Waals surface area (Å²) in [6, 6.07) is 0.382. The van der Waals surface area contributed by atoms with Crippen LogP contribution < -0.4 is 5.73 Å². The third-order valence-corrected chi connectivity index (χ3v) is 13.6. The van der Waals surface area contributed by atoms with E-state index in [9.17, 15) is 0 Å². The average molecular weight is 426 g/mol. The zero-order valence-electron chi connectivity index (χ0n) is 21.8. The first-order chi connectivity index (χ1) is 14.3. The second-order valence-electron chi connectivity index (χ2n) is 14.8. The van der Waals surface area contributed by atoms with Gasteiger partial charge in [0, 0.05) is 6.04 Å². The van der Waals surface area contributed by atoms with Crippen molar-refractivity contribution in [2.75, 3.05) is 0 Å². The van der Waals surface area contributed by atoms with E-state index in [2.05, 4.69) is 55.0 Å². The Labute approximate surface area is 193 Å². The maximum atomic E-state index is 6.72. The first kappa shape index (κ1) is 22.5. The number of nitrogens with two attached hydrogens (primary N) is 1. The molecule has 1 nitrogen and oxygen atoms in total. The van der Waals surface area contributed by atoms with Gasteiger partial charge in [-0.15, -0.1) is 0 Å². The van der Waals surface area contributed by atoms with Crippen molar-refractivity contribution in [3.05, 3.63) is 12.2 Å². The maximum Gasteiger partial charge on any atom is 0.00933 e. The molecule has 5 rings (SSSR count). The highest BCUT2D eigenvalue weighted by Gasteiger charge is 2.70. The van der Waals surface area contributed by atoms with E-state index in [1.54, 1.807) is 0 Å².